The molecule has 1 heterocycles. The minimum absolute atomic E-state index is 0.0313. The first-order chi connectivity index (χ1) is 9.24. The number of para-hydroxylation sites is 1. The second kappa shape index (κ2) is 6.57. The number of likely N-dealkylation sites (tertiary alicyclic amines) is 1. The molecule has 3 N–H and O–H groups in total. The van der Waals surface area contributed by atoms with E-state index in [0.29, 0.717) is 12.5 Å². The minimum atomic E-state index is -0.0313. The van der Waals surface area contributed by atoms with Crippen molar-refractivity contribution in [3.63, 3.8) is 0 Å². The third-order valence-electron chi connectivity index (χ3n) is 3.96. The van der Waals surface area contributed by atoms with Gasteiger partial charge in [-0.2, -0.15) is 0 Å². The lowest BCUT2D eigenvalue weighted by Crippen LogP contribution is -2.51. The van der Waals surface area contributed by atoms with Crippen LogP contribution >= 0.6 is 0 Å². The predicted molar refractivity (Wildman–Crippen MR) is 78.0 cm³/mol. The lowest BCUT2D eigenvalue weighted by atomic mass is 9.89. The number of nitrogens with zero attached hydrogens (tertiary/aromatic N) is 1. The van der Waals surface area contributed by atoms with Gasteiger partial charge in [0, 0.05) is 24.8 Å². The Morgan fingerprint density at radius 3 is 2.79 bits per heavy atom. The number of amides is 2. The van der Waals surface area contributed by atoms with Crippen LogP contribution in [-0.2, 0) is 0 Å². The average molecular weight is 261 g/mol. The van der Waals surface area contributed by atoms with Gasteiger partial charge in [-0.1, -0.05) is 31.5 Å². The highest BCUT2D eigenvalue weighted by Crippen LogP contribution is 2.25. The van der Waals surface area contributed by atoms with Crippen LogP contribution in [0.4, 0.5) is 10.5 Å². The Balaban J connectivity index is 1.98. The first kappa shape index (κ1) is 13.9. The SMILES string of the molecule is CCC1CCN(C(=O)Nc2ccccc2)C(CN)C1. The summed E-state index contributed by atoms with van der Waals surface area (Å²) in [5.74, 6) is 0.703. The van der Waals surface area contributed by atoms with Crippen LogP contribution in [0, 0.1) is 5.92 Å². The molecule has 0 aromatic heterocycles. The summed E-state index contributed by atoms with van der Waals surface area (Å²) >= 11 is 0. The number of rotatable bonds is 3. The lowest BCUT2D eigenvalue weighted by molar-refractivity contribution is 0.138. The molecule has 2 rings (SSSR count). The second-order valence-corrected chi connectivity index (χ2v) is 5.18. The van der Waals surface area contributed by atoms with Gasteiger partial charge in [0.25, 0.3) is 0 Å². The van der Waals surface area contributed by atoms with E-state index in [-0.39, 0.29) is 12.1 Å². The van der Waals surface area contributed by atoms with Gasteiger partial charge >= 0.3 is 6.03 Å². The van der Waals surface area contributed by atoms with Gasteiger partial charge in [-0.15, -0.1) is 0 Å². The molecule has 1 aromatic rings. The van der Waals surface area contributed by atoms with E-state index in [2.05, 4.69) is 12.2 Å². The number of hydrogen-bond donors (Lipinski definition) is 2. The van der Waals surface area contributed by atoms with Crippen molar-refractivity contribution in [1.29, 1.82) is 0 Å². The molecule has 104 valence electrons. The molecule has 1 saturated heterocycles. The van der Waals surface area contributed by atoms with Crippen LogP contribution in [0.3, 0.4) is 0 Å². The van der Waals surface area contributed by atoms with E-state index in [4.69, 9.17) is 5.73 Å². The van der Waals surface area contributed by atoms with Crippen molar-refractivity contribution in [2.75, 3.05) is 18.4 Å². The largest absolute Gasteiger partial charge is 0.328 e. The Kier molecular flexibility index (Phi) is 4.80. The number of nitrogens with two attached hydrogens (primary N) is 1. The molecule has 0 spiro atoms. The smallest absolute Gasteiger partial charge is 0.322 e. The van der Waals surface area contributed by atoms with E-state index in [1.54, 1.807) is 0 Å². The maximum atomic E-state index is 12.3. The van der Waals surface area contributed by atoms with Crippen LogP contribution in [0.15, 0.2) is 30.3 Å². The molecule has 4 heteroatoms. The Labute approximate surface area is 115 Å². The van der Waals surface area contributed by atoms with Gasteiger partial charge in [0.2, 0.25) is 0 Å². The molecule has 0 bridgehead atoms. The fourth-order valence-electron chi connectivity index (χ4n) is 2.71. The molecular formula is C15H23N3O. The zero-order valence-corrected chi connectivity index (χ0v) is 11.5. The highest BCUT2D eigenvalue weighted by Gasteiger charge is 2.29. The van der Waals surface area contributed by atoms with Crippen LogP contribution in [0.2, 0.25) is 0 Å². The number of nitrogens with one attached hydrogen (secondary N) is 1. The van der Waals surface area contributed by atoms with Crippen molar-refractivity contribution in [2.24, 2.45) is 11.7 Å². The molecule has 1 aliphatic heterocycles. The zero-order valence-electron chi connectivity index (χ0n) is 11.5. The van der Waals surface area contributed by atoms with E-state index in [1.165, 1.54) is 6.42 Å². The fourth-order valence-corrected chi connectivity index (χ4v) is 2.71. The average Bonchev–Trinajstić information content (AvgIpc) is 2.47. The summed E-state index contributed by atoms with van der Waals surface area (Å²) in [6, 6.07) is 9.70. The van der Waals surface area contributed by atoms with Crippen LogP contribution in [0.5, 0.6) is 0 Å². The number of carbonyl (C=O) groups is 1. The van der Waals surface area contributed by atoms with Crippen molar-refractivity contribution in [3.05, 3.63) is 30.3 Å². The van der Waals surface area contributed by atoms with Crippen molar-refractivity contribution in [2.45, 2.75) is 32.2 Å². The number of carbonyl (C=O) groups excluding carboxylic acids is 1. The van der Waals surface area contributed by atoms with Gasteiger partial charge in [0.15, 0.2) is 0 Å². The number of benzene rings is 1. The Hall–Kier alpha value is -1.55. The molecule has 0 radical (unpaired) electrons. The summed E-state index contributed by atoms with van der Waals surface area (Å²) in [5, 5.41) is 2.94. The lowest BCUT2D eigenvalue weighted by Gasteiger charge is -2.38. The Bertz CT molecular complexity index is 407. The zero-order chi connectivity index (χ0) is 13.7. The van der Waals surface area contributed by atoms with Gasteiger partial charge in [-0.3, -0.25) is 0 Å². The van der Waals surface area contributed by atoms with Crippen molar-refractivity contribution < 1.29 is 4.79 Å². The van der Waals surface area contributed by atoms with E-state index in [0.717, 1.165) is 25.1 Å². The minimum Gasteiger partial charge on any atom is -0.328 e. The van der Waals surface area contributed by atoms with Gasteiger partial charge in [0.05, 0.1) is 0 Å². The first-order valence-corrected chi connectivity index (χ1v) is 7.07. The Morgan fingerprint density at radius 1 is 1.42 bits per heavy atom. The number of hydrogen-bond acceptors (Lipinski definition) is 2. The van der Waals surface area contributed by atoms with Crippen molar-refractivity contribution >= 4 is 11.7 Å². The summed E-state index contributed by atoms with van der Waals surface area (Å²) in [7, 11) is 0. The molecule has 0 saturated carbocycles. The third kappa shape index (κ3) is 3.47. The predicted octanol–water partition coefficient (Wildman–Crippen LogP) is 2.67. The molecule has 1 aromatic carbocycles. The molecule has 2 atom stereocenters. The van der Waals surface area contributed by atoms with E-state index < -0.39 is 0 Å². The van der Waals surface area contributed by atoms with E-state index in [1.807, 2.05) is 35.2 Å². The van der Waals surface area contributed by atoms with Gasteiger partial charge < -0.3 is 16.0 Å². The monoisotopic (exact) mass is 261 g/mol. The summed E-state index contributed by atoms with van der Waals surface area (Å²) in [5.41, 5.74) is 6.65. The Morgan fingerprint density at radius 2 is 2.16 bits per heavy atom. The topological polar surface area (TPSA) is 58.4 Å². The molecule has 19 heavy (non-hydrogen) atoms. The molecule has 1 aliphatic rings. The molecular weight excluding hydrogens is 238 g/mol. The van der Waals surface area contributed by atoms with Crippen LogP contribution in [0.1, 0.15) is 26.2 Å². The quantitative estimate of drug-likeness (QED) is 0.879. The van der Waals surface area contributed by atoms with Crippen molar-refractivity contribution in [1.82, 2.24) is 4.90 Å². The molecule has 2 amide bonds. The highest BCUT2D eigenvalue weighted by atomic mass is 16.2. The normalized spacial score (nSPS) is 23.2. The van der Waals surface area contributed by atoms with Gasteiger partial charge in [0.1, 0.15) is 0 Å². The van der Waals surface area contributed by atoms with Gasteiger partial charge in [-0.25, -0.2) is 4.79 Å². The standard InChI is InChI=1S/C15H23N3O/c1-2-12-8-9-18(14(10-12)11-16)15(19)17-13-6-4-3-5-7-13/h3-7,12,14H,2,8-11,16H2,1H3,(H,17,19). The van der Waals surface area contributed by atoms with E-state index >= 15 is 0 Å². The summed E-state index contributed by atoms with van der Waals surface area (Å²) in [6.07, 6.45) is 3.27. The maximum absolute atomic E-state index is 12.3. The van der Waals surface area contributed by atoms with Crippen molar-refractivity contribution in [3.8, 4) is 0 Å². The number of urea groups is 1. The molecule has 4 nitrogen and oxygen atoms in total. The van der Waals surface area contributed by atoms with Crippen LogP contribution in [-0.4, -0.2) is 30.1 Å². The number of piperidine rings is 1. The van der Waals surface area contributed by atoms with Crippen LogP contribution in [0.25, 0.3) is 0 Å². The van der Waals surface area contributed by atoms with Crippen LogP contribution < -0.4 is 11.1 Å². The number of anilines is 1. The fraction of sp³-hybridized carbons (Fsp3) is 0.533. The second-order valence-electron chi connectivity index (χ2n) is 5.18. The highest BCUT2D eigenvalue weighted by molar-refractivity contribution is 5.89. The molecule has 2 unspecified atom stereocenters. The summed E-state index contributed by atoms with van der Waals surface area (Å²) in [6.45, 7) is 3.55. The third-order valence-corrected chi connectivity index (χ3v) is 3.96. The van der Waals surface area contributed by atoms with E-state index in [9.17, 15) is 4.79 Å². The summed E-state index contributed by atoms with van der Waals surface area (Å²) in [4.78, 5) is 14.2. The summed E-state index contributed by atoms with van der Waals surface area (Å²) < 4.78 is 0. The molecule has 1 fully saturated rings. The molecule has 0 aliphatic carbocycles. The maximum Gasteiger partial charge on any atom is 0.322 e. The van der Waals surface area contributed by atoms with Gasteiger partial charge in [-0.05, 0) is 30.9 Å². The first-order valence-electron chi connectivity index (χ1n) is 7.07.